The standard InChI is InChI=1S/C19H14ClF3N2O3S/c1-12-5-8-14(9-6-12)29(26,27)25-13-7-10-16(15(20)11-13)28-18-4-2-3-17(24-18)19(21,22)23/h2-11,25H,1H3. The summed E-state index contributed by atoms with van der Waals surface area (Å²) in [5.41, 5.74) is -0.0229. The smallest absolute Gasteiger partial charge is 0.433 e. The fraction of sp³-hybridized carbons (Fsp3) is 0.105. The minimum Gasteiger partial charge on any atom is -0.437 e. The molecule has 2 aromatic carbocycles. The number of pyridine rings is 1. The first-order valence-corrected chi connectivity index (χ1v) is 10.0. The van der Waals surface area contributed by atoms with Crippen molar-refractivity contribution >= 4 is 27.3 Å². The SMILES string of the molecule is Cc1ccc(S(=O)(=O)Nc2ccc(Oc3cccc(C(F)(F)F)n3)c(Cl)c2)cc1. The largest absolute Gasteiger partial charge is 0.437 e. The molecule has 0 aliphatic rings. The molecule has 0 amide bonds. The zero-order valence-corrected chi connectivity index (χ0v) is 16.4. The van der Waals surface area contributed by atoms with Crippen LogP contribution in [-0.4, -0.2) is 13.4 Å². The third kappa shape index (κ3) is 5.18. The van der Waals surface area contributed by atoms with Crippen LogP contribution < -0.4 is 9.46 Å². The Morgan fingerprint density at radius 1 is 1.03 bits per heavy atom. The van der Waals surface area contributed by atoms with E-state index in [-0.39, 0.29) is 27.2 Å². The normalized spacial score (nSPS) is 11.9. The molecule has 1 N–H and O–H groups in total. The molecule has 0 aliphatic heterocycles. The van der Waals surface area contributed by atoms with E-state index in [0.717, 1.165) is 17.7 Å². The van der Waals surface area contributed by atoms with Gasteiger partial charge >= 0.3 is 6.18 Å². The van der Waals surface area contributed by atoms with Gasteiger partial charge in [-0.2, -0.15) is 13.2 Å². The molecule has 0 radical (unpaired) electrons. The van der Waals surface area contributed by atoms with E-state index in [1.54, 1.807) is 12.1 Å². The molecule has 1 aromatic heterocycles. The van der Waals surface area contributed by atoms with E-state index in [2.05, 4.69) is 9.71 Å². The van der Waals surface area contributed by atoms with Crippen LogP contribution in [0.25, 0.3) is 0 Å². The lowest BCUT2D eigenvalue weighted by atomic mass is 10.2. The van der Waals surface area contributed by atoms with E-state index in [0.29, 0.717) is 0 Å². The molecule has 0 saturated heterocycles. The van der Waals surface area contributed by atoms with Crippen LogP contribution in [-0.2, 0) is 16.2 Å². The van der Waals surface area contributed by atoms with Crippen molar-refractivity contribution in [1.29, 1.82) is 0 Å². The van der Waals surface area contributed by atoms with Crippen molar-refractivity contribution in [1.82, 2.24) is 4.98 Å². The zero-order valence-electron chi connectivity index (χ0n) is 14.9. The number of alkyl halides is 3. The van der Waals surface area contributed by atoms with Crippen LogP contribution >= 0.6 is 11.6 Å². The van der Waals surface area contributed by atoms with Gasteiger partial charge in [0.15, 0.2) is 0 Å². The Bertz CT molecular complexity index is 1130. The molecule has 0 atom stereocenters. The maximum atomic E-state index is 12.7. The van der Waals surface area contributed by atoms with E-state index < -0.39 is 21.9 Å². The molecule has 0 saturated carbocycles. The third-order valence-electron chi connectivity index (χ3n) is 3.74. The first-order chi connectivity index (χ1) is 13.5. The van der Waals surface area contributed by atoms with E-state index >= 15 is 0 Å². The summed E-state index contributed by atoms with van der Waals surface area (Å²) in [6, 6.07) is 13.5. The molecule has 0 aliphatic carbocycles. The molecular formula is C19H14ClF3N2O3S. The molecule has 0 unspecified atom stereocenters. The maximum absolute atomic E-state index is 12.7. The summed E-state index contributed by atoms with van der Waals surface area (Å²) in [4.78, 5) is 3.47. The predicted molar refractivity (Wildman–Crippen MR) is 103 cm³/mol. The first-order valence-electron chi connectivity index (χ1n) is 8.16. The number of aryl methyl sites for hydroxylation is 1. The molecule has 3 aromatic rings. The number of sulfonamides is 1. The van der Waals surface area contributed by atoms with Crippen molar-refractivity contribution in [2.75, 3.05) is 4.72 Å². The summed E-state index contributed by atoms with van der Waals surface area (Å²) in [5.74, 6) is -0.272. The second-order valence-corrected chi connectivity index (χ2v) is 8.11. The summed E-state index contributed by atoms with van der Waals surface area (Å²) in [5, 5.41) is -0.00619. The Kier molecular flexibility index (Phi) is 5.72. The van der Waals surface area contributed by atoms with Gasteiger partial charge in [-0.15, -0.1) is 0 Å². The Labute approximate surface area is 170 Å². The van der Waals surface area contributed by atoms with Crippen LogP contribution in [0.3, 0.4) is 0 Å². The van der Waals surface area contributed by atoms with E-state index in [1.165, 1.54) is 36.4 Å². The number of halogens is 4. The van der Waals surface area contributed by atoms with Crippen LogP contribution in [0.15, 0.2) is 65.6 Å². The lowest BCUT2D eigenvalue weighted by molar-refractivity contribution is -0.141. The number of hydrogen-bond donors (Lipinski definition) is 1. The lowest BCUT2D eigenvalue weighted by Crippen LogP contribution is -2.12. The molecule has 10 heteroatoms. The molecule has 0 bridgehead atoms. The van der Waals surface area contributed by atoms with Crippen LogP contribution in [0.1, 0.15) is 11.3 Å². The van der Waals surface area contributed by atoms with Gasteiger partial charge in [0.1, 0.15) is 11.4 Å². The van der Waals surface area contributed by atoms with Crippen LogP contribution in [0.2, 0.25) is 5.02 Å². The van der Waals surface area contributed by atoms with Gasteiger partial charge in [-0.25, -0.2) is 13.4 Å². The molecule has 0 fully saturated rings. The highest BCUT2D eigenvalue weighted by Gasteiger charge is 2.32. The second kappa shape index (κ2) is 7.92. The highest BCUT2D eigenvalue weighted by molar-refractivity contribution is 7.92. The fourth-order valence-electron chi connectivity index (χ4n) is 2.32. The van der Waals surface area contributed by atoms with Crippen molar-refractivity contribution in [2.45, 2.75) is 18.0 Å². The molecular weight excluding hydrogens is 429 g/mol. The number of anilines is 1. The van der Waals surface area contributed by atoms with Crippen LogP contribution in [0, 0.1) is 6.92 Å². The Balaban J connectivity index is 1.79. The van der Waals surface area contributed by atoms with Gasteiger partial charge in [0, 0.05) is 6.07 Å². The maximum Gasteiger partial charge on any atom is 0.433 e. The number of hydrogen-bond acceptors (Lipinski definition) is 4. The monoisotopic (exact) mass is 442 g/mol. The average Bonchev–Trinajstić information content (AvgIpc) is 2.64. The van der Waals surface area contributed by atoms with Gasteiger partial charge in [-0.1, -0.05) is 35.4 Å². The average molecular weight is 443 g/mol. The summed E-state index contributed by atoms with van der Waals surface area (Å²) in [6.45, 7) is 1.83. The highest BCUT2D eigenvalue weighted by Crippen LogP contribution is 2.33. The topological polar surface area (TPSA) is 68.3 Å². The molecule has 1 heterocycles. The molecule has 0 spiro atoms. The molecule has 5 nitrogen and oxygen atoms in total. The molecule has 3 rings (SSSR count). The number of rotatable bonds is 5. The third-order valence-corrected chi connectivity index (χ3v) is 5.44. The van der Waals surface area contributed by atoms with Crippen LogP contribution in [0.4, 0.5) is 18.9 Å². The summed E-state index contributed by atoms with van der Waals surface area (Å²) in [7, 11) is -3.83. The van der Waals surface area contributed by atoms with Crippen molar-refractivity contribution in [2.24, 2.45) is 0 Å². The van der Waals surface area contributed by atoms with Gasteiger partial charge in [0.05, 0.1) is 15.6 Å². The number of benzene rings is 2. The zero-order chi connectivity index (χ0) is 21.2. The van der Waals surface area contributed by atoms with Crippen molar-refractivity contribution in [3.8, 4) is 11.6 Å². The number of ether oxygens (including phenoxy) is 1. The summed E-state index contributed by atoms with van der Waals surface area (Å²) < 4.78 is 70.8. The summed E-state index contributed by atoms with van der Waals surface area (Å²) in [6.07, 6.45) is -4.61. The van der Waals surface area contributed by atoms with Gasteiger partial charge in [0.2, 0.25) is 5.88 Å². The van der Waals surface area contributed by atoms with E-state index in [1.807, 2.05) is 6.92 Å². The van der Waals surface area contributed by atoms with E-state index in [4.69, 9.17) is 16.3 Å². The van der Waals surface area contributed by atoms with Crippen molar-refractivity contribution in [3.63, 3.8) is 0 Å². The number of aromatic nitrogens is 1. The molecule has 29 heavy (non-hydrogen) atoms. The van der Waals surface area contributed by atoms with Crippen molar-refractivity contribution < 1.29 is 26.3 Å². The van der Waals surface area contributed by atoms with Gasteiger partial charge in [0.25, 0.3) is 10.0 Å². The minimum absolute atomic E-state index is 0.00619. The van der Waals surface area contributed by atoms with Crippen LogP contribution in [0.5, 0.6) is 11.6 Å². The highest BCUT2D eigenvalue weighted by atomic mass is 35.5. The summed E-state index contributed by atoms with van der Waals surface area (Å²) >= 11 is 6.09. The van der Waals surface area contributed by atoms with Gasteiger partial charge < -0.3 is 4.74 Å². The Hall–Kier alpha value is -2.78. The minimum atomic E-state index is -4.61. The number of nitrogens with one attached hydrogen (secondary N) is 1. The lowest BCUT2D eigenvalue weighted by Gasteiger charge is -2.12. The number of nitrogens with zero attached hydrogens (tertiary/aromatic N) is 1. The van der Waals surface area contributed by atoms with Gasteiger partial charge in [-0.05, 0) is 43.3 Å². The van der Waals surface area contributed by atoms with Gasteiger partial charge in [-0.3, -0.25) is 4.72 Å². The Morgan fingerprint density at radius 3 is 2.34 bits per heavy atom. The van der Waals surface area contributed by atoms with Crippen molar-refractivity contribution in [3.05, 3.63) is 76.9 Å². The second-order valence-electron chi connectivity index (χ2n) is 6.02. The molecule has 152 valence electrons. The Morgan fingerprint density at radius 2 is 1.72 bits per heavy atom. The fourth-order valence-corrected chi connectivity index (χ4v) is 3.59. The first kappa shape index (κ1) is 20.9. The quantitative estimate of drug-likeness (QED) is 0.554. The predicted octanol–water partition coefficient (Wildman–Crippen LogP) is 5.66. The van der Waals surface area contributed by atoms with E-state index in [9.17, 15) is 21.6 Å².